The van der Waals surface area contributed by atoms with E-state index in [-0.39, 0.29) is 18.0 Å². The number of amides is 1. The Morgan fingerprint density at radius 2 is 1.91 bits per heavy atom. The molecule has 2 N–H and O–H groups in total. The highest BCUT2D eigenvalue weighted by Gasteiger charge is 2.20. The number of carbonyl (C=O) groups is 1. The molecule has 0 radical (unpaired) electrons. The number of rotatable bonds is 6. The van der Waals surface area contributed by atoms with E-state index in [0.717, 1.165) is 5.56 Å². The van der Waals surface area contributed by atoms with E-state index < -0.39 is 6.10 Å². The molecular weight excluding hydrogens is 278 g/mol. The molecule has 2 aromatic rings. The lowest BCUT2D eigenvalue weighted by Crippen LogP contribution is -2.42. The molecule has 0 aliphatic heterocycles. The Morgan fingerprint density at radius 3 is 2.55 bits per heavy atom. The van der Waals surface area contributed by atoms with Crippen molar-refractivity contribution in [2.75, 3.05) is 0 Å². The van der Waals surface area contributed by atoms with Crippen molar-refractivity contribution in [3.63, 3.8) is 0 Å². The largest absolute Gasteiger partial charge is 0.391 e. The molecule has 0 saturated heterocycles. The number of hydrogen-bond acceptors (Lipinski definition) is 3. The Morgan fingerprint density at radius 1 is 1.23 bits per heavy atom. The van der Waals surface area contributed by atoms with Gasteiger partial charge in [-0.3, -0.25) is 9.48 Å². The van der Waals surface area contributed by atoms with Gasteiger partial charge in [0.1, 0.15) is 5.69 Å². The Labute approximate surface area is 131 Å². The normalized spacial score (nSPS) is 13.9. The van der Waals surface area contributed by atoms with Crippen LogP contribution in [0.15, 0.2) is 42.6 Å². The van der Waals surface area contributed by atoms with Crippen molar-refractivity contribution in [1.82, 2.24) is 15.1 Å². The average molecular weight is 301 g/mol. The van der Waals surface area contributed by atoms with Gasteiger partial charge < -0.3 is 10.4 Å². The SMILES string of the molecule is CC(NC(=O)c1ccnn1C(C)C)C(O)Cc1ccccc1. The second-order valence-electron chi connectivity index (χ2n) is 5.77. The van der Waals surface area contributed by atoms with Gasteiger partial charge in [0, 0.05) is 18.7 Å². The molecule has 0 spiro atoms. The predicted octanol–water partition coefficient (Wildman–Crippen LogP) is 2.19. The van der Waals surface area contributed by atoms with Crippen LogP contribution < -0.4 is 5.32 Å². The smallest absolute Gasteiger partial charge is 0.269 e. The summed E-state index contributed by atoms with van der Waals surface area (Å²) in [4.78, 5) is 12.3. The molecule has 2 rings (SSSR count). The molecule has 0 aliphatic carbocycles. The molecule has 2 unspecified atom stereocenters. The van der Waals surface area contributed by atoms with Gasteiger partial charge in [-0.15, -0.1) is 0 Å². The number of aliphatic hydroxyl groups is 1. The highest BCUT2D eigenvalue weighted by atomic mass is 16.3. The molecule has 2 atom stereocenters. The molecule has 1 heterocycles. The number of carbonyl (C=O) groups excluding carboxylic acids is 1. The number of nitrogens with zero attached hydrogens (tertiary/aromatic N) is 2. The summed E-state index contributed by atoms with van der Waals surface area (Å²) < 4.78 is 1.67. The molecule has 118 valence electrons. The summed E-state index contributed by atoms with van der Waals surface area (Å²) in [6, 6.07) is 11.2. The molecular formula is C17H23N3O2. The third-order valence-corrected chi connectivity index (χ3v) is 3.62. The molecule has 1 amide bonds. The van der Waals surface area contributed by atoms with E-state index in [1.165, 1.54) is 0 Å². The van der Waals surface area contributed by atoms with Crippen molar-refractivity contribution >= 4 is 5.91 Å². The molecule has 1 aromatic heterocycles. The van der Waals surface area contributed by atoms with Gasteiger partial charge in [-0.2, -0.15) is 5.10 Å². The van der Waals surface area contributed by atoms with Crippen LogP contribution in [0, 0.1) is 0 Å². The van der Waals surface area contributed by atoms with E-state index in [0.29, 0.717) is 12.1 Å². The molecule has 5 nitrogen and oxygen atoms in total. The maximum Gasteiger partial charge on any atom is 0.269 e. The van der Waals surface area contributed by atoms with Gasteiger partial charge in [0.05, 0.1) is 12.1 Å². The second-order valence-corrected chi connectivity index (χ2v) is 5.77. The molecule has 1 aromatic carbocycles. The van der Waals surface area contributed by atoms with Gasteiger partial charge in [0.15, 0.2) is 0 Å². The van der Waals surface area contributed by atoms with Crippen molar-refractivity contribution in [1.29, 1.82) is 0 Å². The fourth-order valence-corrected chi connectivity index (χ4v) is 2.31. The van der Waals surface area contributed by atoms with E-state index in [4.69, 9.17) is 0 Å². The van der Waals surface area contributed by atoms with E-state index in [2.05, 4.69) is 10.4 Å². The Kier molecular flexibility index (Phi) is 5.33. The fraction of sp³-hybridized carbons (Fsp3) is 0.412. The average Bonchev–Trinajstić information content (AvgIpc) is 2.98. The minimum atomic E-state index is -0.637. The number of benzene rings is 1. The van der Waals surface area contributed by atoms with Crippen LogP contribution in [0.5, 0.6) is 0 Å². The summed E-state index contributed by atoms with van der Waals surface area (Å²) in [6.45, 7) is 5.75. The molecule has 0 fully saturated rings. The quantitative estimate of drug-likeness (QED) is 0.859. The van der Waals surface area contributed by atoms with Crippen molar-refractivity contribution in [3.05, 3.63) is 53.9 Å². The van der Waals surface area contributed by atoms with Gasteiger partial charge in [-0.25, -0.2) is 0 Å². The number of aliphatic hydroxyl groups excluding tert-OH is 1. The highest BCUT2D eigenvalue weighted by Crippen LogP contribution is 2.10. The number of aromatic nitrogens is 2. The van der Waals surface area contributed by atoms with Crippen LogP contribution in [0.4, 0.5) is 0 Å². The fourth-order valence-electron chi connectivity index (χ4n) is 2.31. The summed E-state index contributed by atoms with van der Waals surface area (Å²) >= 11 is 0. The van der Waals surface area contributed by atoms with Crippen LogP contribution in [0.3, 0.4) is 0 Å². The first-order valence-electron chi connectivity index (χ1n) is 7.55. The summed E-state index contributed by atoms with van der Waals surface area (Å²) in [5.74, 6) is -0.217. The summed E-state index contributed by atoms with van der Waals surface area (Å²) in [5.41, 5.74) is 1.55. The van der Waals surface area contributed by atoms with Crippen LogP contribution in [-0.2, 0) is 6.42 Å². The molecule has 22 heavy (non-hydrogen) atoms. The van der Waals surface area contributed by atoms with Gasteiger partial charge in [-0.1, -0.05) is 30.3 Å². The monoisotopic (exact) mass is 301 g/mol. The minimum Gasteiger partial charge on any atom is -0.391 e. The van der Waals surface area contributed by atoms with Crippen LogP contribution in [0.2, 0.25) is 0 Å². The minimum absolute atomic E-state index is 0.111. The van der Waals surface area contributed by atoms with Crippen LogP contribution in [0.25, 0.3) is 0 Å². The maximum atomic E-state index is 12.3. The van der Waals surface area contributed by atoms with Crippen LogP contribution in [-0.4, -0.2) is 32.9 Å². The second kappa shape index (κ2) is 7.22. The Hall–Kier alpha value is -2.14. The number of nitrogens with one attached hydrogen (secondary N) is 1. The van der Waals surface area contributed by atoms with E-state index in [1.807, 2.05) is 51.1 Å². The molecule has 0 bridgehead atoms. The van der Waals surface area contributed by atoms with Crippen molar-refractivity contribution in [2.45, 2.75) is 45.4 Å². The van der Waals surface area contributed by atoms with E-state index in [9.17, 15) is 9.90 Å². The zero-order chi connectivity index (χ0) is 16.1. The van der Waals surface area contributed by atoms with Crippen LogP contribution >= 0.6 is 0 Å². The summed E-state index contributed by atoms with van der Waals surface area (Å²) in [5, 5.41) is 17.3. The zero-order valence-electron chi connectivity index (χ0n) is 13.2. The van der Waals surface area contributed by atoms with Gasteiger partial charge in [0.2, 0.25) is 0 Å². The predicted molar refractivity (Wildman–Crippen MR) is 85.7 cm³/mol. The standard InChI is InChI=1S/C17H23N3O2/c1-12(2)20-15(9-10-18-20)17(22)19-13(3)16(21)11-14-7-5-4-6-8-14/h4-10,12-13,16,21H,11H2,1-3H3,(H,19,22). The summed E-state index contributed by atoms with van der Waals surface area (Å²) in [7, 11) is 0. The van der Waals surface area contributed by atoms with Crippen LogP contribution in [0.1, 0.15) is 42.9 Å². The molecule has 0 saturated carbocycles. The van der Waals surface area contributed by atoms with Gasteiger partial charge in [0.25, 0.3) is 5.91 Å². The first-order chi connectivity index (χ1) is 10.5. The Bertz CT molecular complexity index is 607. The van der Waals surface area contributed by atoms with Crippen molar-refractivity contribution in [3.8, 4) is 0 Å². The topological polar surface area (TPSA) is 67.2 Å². The first kappa shape index (κ1) is 16.2. The van der Waals surface area contributed by atoms with Crippen molar-refractivity contribution < 1.29 is 9.90 Å². The third kappa shape index (κ3) is 3.95. The lowest BCUT2D eigenvalue weighted by Gasteiger charge is -2.21. The molecule has 5 heteroatoms. The lowest BCUT2D eigenvalue weighted by molar-refractivity contribution is 0.0840. The zero-order valence-corrected chi connectivity index (χ0v) is 13.2. The maximum absolute atomic E-state index is 12.3. The van der Waals surface area contributed by atoms with Crippen molar-refractivity contribution in [2.24, 2.45) is 0 Å². The highest BCUT2D eigenvalue weighted by molar-refractivity contribution is 5.92. The van der Waals surface area contributed by atoms with Gasteiger partial charge >= 0.3 is 0 Å². The van der Waals surface area contributed by atoms with E-state index in [1.54, 1.807) is 16.9 Å². The van der Waals surface area contributed by atoms with E-state index >= 15 is 0 Å². The summed E-state index contributed by atoms with van der Waals surface area (Å²) in [6.07, 6.45) is 1.48. The number of hydrogen-bond donors (Lipinski definition) is 2. The molecule has 0 aliphatic rings. The van der Waals surface area contributed by atoms with Gasteiger partial charge in [-0.05, 0) is 32.4 Å². The lowest BCUT2D eigenvalue weighted by atomic mass is 10.0. The Balaban J connectivity index is 1.97. The first-order valence-corrected chi connectivity index (χ1v) is 7.55. The third-order valence-electron chi connectivity index (χ3n) is 3.62.